The highest BCUT2D eigenvalue weighted by Crippen LogP contribution is 2.13. The second-order valence-electron chi connectivity index (χ2n) is 6.06. The Morgan fingerprint density at radius 1 is 1.16 bits per heavy atom. The van der Waals surface area contributed by atoms with Crippen molar-refractivity contribution in [3.05, 3.63) is 77.9 Å². The van der Waals surface area contributed by atoms with E-state index in [9.17, 15) is 4.79 Å². The lowest BCUT2D eigenvalue weighted by Crippen LogP contribution is -2.26. The van der Waals surface area contributed by atoms with Crippen molar-refractivity contribution in [3.8, 4) is 5.69 Å². The molecule has 1 aromatic carbocycles. The third-order valence-corrected chi connectivity index (χ3v) is 4.04. The highest BCUT2D eigenvalue weighted by molar-refractivity contribution is 5.94. The van der Waals surface area contributed by atoms with E-state index in [-0.39, 0.29) is 5.91 Å². The number of benzene rings is 1. The van der Waals surface area contributed by atoms with E-state index in [1.807, 2.05) is 54.3 Å². The molecule has 0 spiro atoms. The first-order valence-electron chi connectivity index (χ1n) is 8.46. The number of aryl methyl sites for hydroxylation is 1. The molecule has 0 saturated heterocycles. The van der Waals surface area contributed by atoms with Gasteiger partial charge in [-0.1, -0.05) is 25.5 Å². The number of pyridine rings is 1. The number of nitrogens with zero attached hydrogens (tertiary/aromatic N) is 4. The van der Waals surface area contributed by atoms with Gasteiger partial charge < -0.3 is 4.90 Å². The van der Waals surface area contributed by atoms with Crippen LogP contribution < -0.4 is 0 Å². The number of aromatic nitrogens is 3. The lowest BCUT2D eigenvalue weighted by molar-refractivity contribution is 0.0785. The number of carbonyl (C=O) groups is 1. The molecule has 0 radical (unpaired) electrons. The third-order valence-electron chi connectivity index (χ3n) is 4.04. The van der Waals surface area contributed by atoms with Gasteiger partial charge in [0.05, 0.1) is 5.69 Å². The molecule has 5 heteroatoms. The second-order valence-corrected chi connectivity index (χ2v) is 6.06. The topological polar surface area (TPSA) is 51.0 Å². The smallest absolute Gasteiger partial charge is 0.254 e. The summed E-state index contributed by atoms with van der Waals surface area (Å²) in [6, 6.07) is 13.6. The standard InChI is InChI=1S/C20H22N4O/c1-3-5-18-14-17(10-12-21-18)20(25)23(2)15-16-6-8-19(9-7-16)24-13-4-11-22-24/h4,6-14H,3,5,15H2,1-2H3. The Kier molecular flexibility index (Phi) is 5.23. The van der Waals surface area contributed by atoms with Crippen LogP contribution in [0.3, 0.4) is 0 Å². The minimum Gasteiger partial charge on any atom is -0.337 e. The van der Waals surface area contributed by atoms with Crippen LogP contribution in [0, 0.1) is 0 Å². The number of amides is 1. The van der Waals surface area contributed by atoms with Gasteiger partial charge in [-0.2, -0.15) is 5.10 Å². The molecule has 0 atom stereocenters. The van der Waals surface area contributed by atoms with Crippen molar-refractivity contribution in [1.82, 2.24) is 19.7 Å². The van der Waals surface area contributed by atoms with Crippen molar-refractivity contribution in [3.63, 3.8) is 0 Å². The van der Waals surface area contributed by atoms with Crippen molar-refractivity contribution >= 4 is 5.91 Å². The van der Waals surface area contributed by atoms with E-state index in [0.717, 1.165) is 29.8 Å². The van der Waals surface area contributed by atoms with Crippen molar-refractivity contribution in [2.75, 3.05) is 7.05 Å². The predicted octanol–water partition coefficient (Wildman–Crippen LogP) is 3.49. The van der Waals surface area contributed by atoms with Gasteiger partial charge in [-0.05, 0) is 42.3 Å². The zero-order valence-corrected chi connectivity index (χ0v) is 14.6. The van der Waals surface area contributed by atoms with Crippen molar-refractivity contribution < 1.29 is 4.79 Å². The van der Waals surface area contributed by atoms with E-state index in [0.29, 0.717) is 12.1 Å². The van der Waals surface area contributed by atoms with Crippen LogP contribution in [0.15, 0.2) is 61.1 Å². The number of rotatable bonds is 6. The minimum atomic E-state index is 0.0101. The van der Waals surface area contributed by atoms with Gasteiger partial charge in [0, 0.05) is 43.4 Å². The van der Waals surface area contributed by atoms with E-state index in [4.69, 9.17) is 0 Å². The van der Waals surface area contributed by atoms with Gasteiger partial charge in [0.25, 0.3) is 5.91 Å². The number of carbonyl (C=O) groups excluding carboxylic acids is 1. The van der Waals surface area contributed by atoms with E-state index >= 15 is 0 Å². The van der Waals surface area contributed by atoms with Crippen LogP contribution in [0.2, 0.25) is 0 Å². The highest BCUT2D eigenvalue weighted by atomic mass is 16.2. The van der Waals surface area contributed by atoms with E-state index in [2.05, 4.69) is 17.0 Å². The third kappa shape index (κ3) is 4.12. The maximum Gasteiger partial charge on any atom is 0.254 e. The van der Waals surface area contributed by atoms with Crippen LogP contribution in [0.25, 0.3) is 5.69 Å². The summed E-state index contributed by atoms with van der Waals surface area (Å²) in [5.41, 5.74) is 3.73. The lowest BCUT2D eigenvalue weighted by Gasteiger charge is -2.18. The molecule has 0 aliphatic rings. The summed E-state index contributed by atoms with van der Waals surface area (Å²) in [6.45, 7) is 2.67. The molecule has 3 rings (SSSR count). The zero-order valence-electron chi connectivity index (χ0n) is 14.6. The highest BCUT2D eigenvalue weighted by Gasteiger charge is 2.13. The van der Waals surface area contributed by atoms with Crippen molar-refractivity contribution in [2.24, 2.45) is 0 Å². The lowest BCUT2D eigenvalue weighted by atomic mass is 10.1. The summed E-state index contributed by atoms with van der Waals surface area (Å²) >= 11 is 0. The van der Waals surface area contributed by atoms with Gasteiger partial charge >= 0.3 is 0 Å². The van der Waals surface area contributed by atoms with Gasteiger partial charge in [-0.25, -0.2) is 4.68 Å². The van der Waals surface area contributed by atoms with Gasteiger partial charge in [-0.15, -0.1) is 0 Å². The quantitative estimate of drug-likeness (QED) is 0.693. The Balaban J connectivity index is 1.68. The predicted molar refractivity (Wildman–Crippen MR) is 97.6 cm³/mol. The van der Waals surface area contributed by atoms with Crippen LogP contribution in [0.1, 0.15) is 35.0 Å². The Labute approximate surface area is 147 Å². The molecule has 2 aromatic heterocycles. The molecule has 5 nitrogen and oxygen atoms in total. The molecule has 0 N–H and O–H groups in total. The Bertz CT molecular complexity index is 825. The summed E-state index contributed by atoms with van der Waals surface area (Å²) in [5.74, 6) is 0.0101. The van der Waals surface area contributed by atoms with E-state index in [1.165, 1.54) is 0 Å². The fourth-order valence-electron chi connectivity index (χ4n) is 2.75. The molecule has 25 heavy (non-hydrogen) atoms. The summed E-state index contributed by atoms with van der Waals surface area (Å²) in [5, 5.41) is 4.21. The summed E-state index contributed by atoms with van der Waals surface area (Å²) in [6.07, 6.45) is 7.28. The molecule has 0 bridgehead atoms. The van der Waals surface area contributed by atoms with Crippen LogP contribution in [-0.4, -0.2) is 32.6 Å². The van der Waals surface area contributed by atoms with Gasteiger partial charge in [0.1, 0.15) is 0 Å². The summed E-state index contributed by atoms with van der Waals surface area (Å²) in [4.78, 5) is 18.7. The average molecular weight is 334 g/mol. The molecule has 0 aliphatic heterocycles. The molecule has 1 amide bonds. The van der Waals surface area contributed by atoms with Crippen molar-refractivity contribution in [1.29, 1.82) is 0 Å². The molecule has 128 valence electrons. The van der Waals surface area contributed by atoms with Gasteiger partial charge in [-0.3, -0.25) is 9.78 Å². The fourth-order valence-corrected chi connectivity index (χ4v) is 2.75. The molecular formula is C20H22N4O. The van der Waals surface area contributed by atoms with Crippen LogP contribution >= 0.6 is 0 Å². The summed E-state index contributed by atoms with van der Waals surface area (Å²) in [7, 11) is 1.82. The summed E-state index contributed by atoms with van der Waals surface area (Å²) < 4.78 is 1.81. The minimum absolute atomic E-state index is 0.0101. The van der Waals surface area contributed by atoms with Gasteiger partial charge in [0.2, 0.25) is 0 Å². The molecular weight excluding hydrogens is 312 g/mol. The maximum atomic E-state index is 12.6. The van der Waals surface area contributed by atoms with Gasteiger partial charge in [0.15, 0.2) is 0 Å². The molecule has 0 fully saturated rings. The molecule has 0 unspecified atom stereocenters. The Morgan fingerprint density at radius 2 is 1.96 bits per heavy atom. The van der Waals surface area contributed by atoms with Crippen LogP contribution in [0.5, 0.6) is 0 Å². The fraction of sp³-hybridized carbons (Fsp3) is 0.250. The SMILES string of the molecule is CCCc1cc(C(=O)N(C)Cc2ccc(-n3cccn3)cc2)ccn1. The maximum absolute atomic E-state index is 12.6. The Morgan fingerprint density at radius 3 is 2.64 bits per heavy atom. The first kappa shape index (κ1) is 16.9. The Hall–Kier alpha value is -2.95. The number of hydrogen-bond acceptors (Lipinski definition) is 3. The second kappa shape index (κ2) is 7.75. The molecule has 2 heterocycles. The number of hydrogen-bond donors (Lipinski definition) is 0. The monoisotopic (exact) mass is 334 g/mol. The molecule has 3 aromatic rings. The zero-order chi connectivity index (χ0) is 17.6. The normalized spacial score (nSPS) is 10.6. The first-order chi connectivity index (χ1) is 12.2. The van der Waals surface area contributed by atoms with Crippen LogP contribution in [0.4, 0.5) is 0 Å². The van der Waals surface area contributed by atoms with E-state index < -0.39 is 0 Å². The first-order valence-corrected chi connectivity index (χ1v) is 8.46. The molecule has 0 saturated carbocycles. The largest absolute Gasteiger partial charge is 0.337 e. The van der Waals surface area contributed by atoms with E-state index in [1.54, 1.807) is 23.4 Å². The van der Waals surface area contributed by atoms with Crippen LogP contribution in [-0.2, 0) is 13.0 Å². The average Bonchev–Trinajstić information content (AvgIpc) is 3.17. The van der Waals surface area contributed by atoms with Crippen molar-refractivity contribution in [2.45, 2.75) is 26.3 Å². The molecule has 0 aliphatic carbocycles.